The molecule has 3 nitrogen and oxygen atoms in total. The van der Waals surface area contributed by atoms with Gasteiger partial charge < -0.3 is 4.74 Å². The fraction of sp³-hybridized carbons (Fsp3) is 0.167. The summed E-state index contributed by atoms with van der Waals surface area (Å²) in [6.07, 6.45) is 1.61. The van der Waals surface area contributed by atoms with Crippen LogP contribution < -0.4 is 0 Å². The normalized spacial score (nSPS) is 9.40. The van der Waals surface area contributed by atoms with Gasteiger partial charge in [0, 0.05) is 5.56 Å². The van der Waals surface area contributed by atoms with Crippen LogP contribution in [0.2, 0.25) is 0 Å². The fourth-order valence-electron chi connectivity index (χ4n) is 1.12. The van der Waals surface area contributed by atoms with Gasteiger partial charge in [-0.15, -0.1) is 0 Å². The van der Waals surface area contributed by atoms with Crippen LogP contribution in [0.15, 0.2) is 30.8 Å². The molecule has 0 N–H and O–H groups in total. The Kier molecular flexibility index (Phi) is 3.80. The van der Waals surface area contributed by atoms with Gasteiger partial charge >= 0.3 is 5.97 Å². The van der Waals surface area contributed by atoms with Crippen LogP contribution in [0, 0.1) is 0 Å². The number of benzene rings is 1. The highest BCUT2D eigenvalue weighted by Crippen LogP contribution is 2.07. The molecule has 0 atom stereocenters. The highest BCUT2D eigenvalue weighted by atomic mass is 16.5. The van der Waals surface area contributed by atoms with Gasteiger partial charge in [-0.3, -0.25) is 4.79 Å². The lowest BCUT2D eigenvalue weighted by Crippen LogP contribution is -2.17. The molecule has 0 bridgehead atoms. The van der Waals surface area contributed by atoms with E-state index in [0.29, 0.717) is 5.56 Å². The summed E-state index contributed by atoms with van der Waals surface area (Å²) in [5.74, 6) is -1.45. The first-order chi connectivity index (χ1) is 7.19. The maximum atomic E-state index is 11.5. The van der Waals surface area contributed by atoms with Gasteiger partial charge in [0.2, 0.25) is 0 Å². The van der Waals surface area contributed by atoms with Crippen molar-refractivity contribution in [2.24, 2.45) is 0 Å². The minimum absolute atomic E-state index is 0.200. The summed E-state index contributed by atoms with van der Waals surface area (Å²) in [5, 5.41) is 0. The summed E-state index contributed by atoms with van der Waals surface area (Å²) >= 11 is 0. The minimum Gasteiger partial charge on any atom is -0.460 e. The van der Waals surface area contributed by atoms with Crippen molar-refractivity contribution in [3.63, 3.8) is 0 Å². The van der Waals surface area contributed by atoms with Gasteiger partial charge in [0.05, 0.1) is 6.61 Å². The van der Waals surface area contributed by atoms with E-state index in [-0.39, 0.29) is 6.61 Å². The van der Waals surface area contributed by atoms with Crippen LogP contribution >= 0.6 is 0 Å². The first-order valence-electron chi connectivity index (χ1n) is 4.63. The predicted molar refractivity (Wildman–Crippen MR) is 57.5 cm³/mol. The standard InChI is InChI=1S/C12H12O3/c1-3-9-6-5-7-10(8-9)11(13)12(14)15-4-2/h3,5-8H,1,4H2,2H3. The molecule has 0 fully saturated rings. The van der Waals surface area contributed by atoms with Crippen molar-refractivity contribution in [2.45, 2.75) is 6.92 Å². The number of ketones is 1. The number of hydrogen-bond acceptors (Lipinski definition) is 3. The number of esters is 1. The zero-order valence-electron chi connectivity index (χ0n) is 8.53. The number of rotatable bonds is 4. The Morgan fingerprint density at radius 3 is 2.80 bits per heavy atom. The molecule has 0 unspecified atom stereocenters. The van der Waals surface area contributed by atoms with Crippen LogP contribution in [0.25, 0.3) is 6.08 Å². The van der Waals surface area contributed by atoms with Crippen LogP contribution in [0.4, 0.5) is 0 Å². The maximum Gasteiger partial charge on any atom is 0.379 e. The lowest BCUT2D eigenvalue weighted by atomic mass is 10.1. The van der Waals surface area contributed by atoms with E-state index in [1.165, 1.54) is 0 Å². The van der Waals surface area contributed by atoms with Gasteiger partial charge in [-0.05, 0) is 18.6 Å². The molecule has 0 saturated carbocycles. The van der Waals surface area contributed by atoms with Gasteiger partial charge in [-0.2, -0.15) is 0 Å². The molecule has 3 heteroatoms. The summed E-state index contributed by atoms with van der Waals surface area (Å²) in [7, 11) is 0. The Morgan fingerprint density at radius 1 is 1.47 bits per heavy atom. The predicted octanol–water partition coefficient (Wildman–Crippen LogP) is 2.08. The monoisotopic (exact) mass is 204 g/mol. The maximum absolute atomic E-state index is 11.5. The third kappa shape index (κ3) is 2.77. The summed E-state index contributed by atoms with van der Waals surface area (Å²) in [4.78, 5) is 22.6. The Balaban J connectivity index is 2.90. The van der Waals surface area contributed by atoms with Crippen molar-refractivity contribution in [1.29, 1.82) is 0 Å². The third-order valence-corrected chi connectivity index (χ3v) is 1.85. The van der Waals surface area contributed by atoms with Gasteiger partial charge in [0.15, 0.2) is 0 Å². The van der Waals surface area contributed by atoms with E-state index in [1.54, 1.807) is 37.3 Å². The molecular weight excluding hydrogens is 192 g/mol. The molecule has 0 spiro atoms. The number of carbonyl (C=O) groups excluding carboxylic acids is 2. The average molecular weight is 204 g/mol. The van der Waals surface area contributed by atoms with Crippen LogP contribution in [-0.4, -0.2) is 18.4 Å². The first kappa shape index (κ1) is 11.2. The molecule has 0 heterocycles. The number of hydrogen-bond donors (Lipinski definition) is 0. The molecule has 1 aromatic rings. The second kappa shape index (κ2) is 5.10. The molecule has 1 aromatic carbocycles. The van der Waals surface area contributed by atoms with Gasteiger partial charge in [0.25, 0.3) is 5.78 Å². The SMILES string of the molecule is C=Cc1cccc(C(=O)C(=O)OCC)c1. The highest BCUT2D eigenvalue weighted by molar-refractivity contribution is 6.40. The third-order valence-electron chi connectivity index (χ3n) is 1.85. The quantitative estimate of drug-likeness (QED) is 0.428. The van der Waals surface area contributed by atoms with Gasteiger partial charge in [-0.25, -0.2) is 4.79 Å². The number of carbonyl (C=O) groups is 2. The van der Waals surface area contributed by atoms with E-state index >= 15 is 0 Å². The van der Waals surface area contributed by atoms with E-state index in [9.17, 15) is 9.59 Å². The van der Waals surface area contributed by atoms with E-state index in [0.717, 1.165) is 5.56 Å². The lowest BCUT2D eigenvalue weighted by molar-refractivity contribution is -0.137. The molecule has 1 rings (SSSR count). The molecule has 78 valence electrons. The molecule has 0 aliphatic carbocycles. The topological polar surface area (TPSA) is 43.4 Å². The summed E-state index contributed by atoms with van der Waals surface area (Å²) in [6.45, 7) is 5.44. The average Bonchev–Trinajstić information content (AvgIpc) is 2.28. The van der Waals surface area contributed by atoms with Crippen molar-refractivity contribution < 1.29 is 14.3 Å². The second-order valence-electron chi connectivity index (χ2n) is 2.88. The van der Waals surface area contributed by atoms with Crippen molar-refractivity contribution in [3.05, 3.63) is 42.0 Å². The molecule has 0 amide bonds. The van der Waals surface area contributed by atoms with Crippen molar-refractivity contribution >= 4 is 17.8 Å². The zero-order valence-corrected chi connectivity index (χ0v) is 8.53. The summed E-state index contributed by atoms with van der Waals surface area (Å²) in [5.41, 5.74) is 1.12. The molecule has 0 aromatic heterocycles. The van der Waals surface area contributed by atoms with Crippen molar-refractivity contribution in [3.8, 4) is 0 Å². The first-order valence-corrected chi connectivity index (χ1v) is 4.63. The summed E-state index contributed by atoms with van der Waals surface area (Å²) in [6, 6.07) is 6.68. The lowest BCUT2D eigenvalue weighted by Gasteiger charge is -2.01. The fourth-order valence-corrected chi connectivity index (χ4v) is 1.12. The molecule has 0 aliphatic heterocycles. The Hall–Kier alpha value is -1.90. The van der Waals surface area contributed by atoms with Gasteiger partial charge in [0.1, 0.15) is 0 Å². The minimum atomic E-state index is -0.821. The Morgan fingerprint density at radius 2 is 2.20 bits per heavy atom. The van der Waals surface area contributed by atoms with Crippen molar-refractivity contribution in [1.82, 2.24) is 0 Å². The smallest absolute Gasteiger partial charge is 0.379 e. The Labute approximate surface area is 88.4 Å². The molecular formula is C12H12O3. The van der Waals surface area contributed by atoms with Crippen LogP contribution in [-0.2, 0) is 9.53 Å². The van der Waals surface area contributed by atoms with E-state index in [4.69, 9.17) is 0 Å². The van der Waals surface area contributed by atoms with Crippen molar-refractivity contribution in [2.75, 3.05) is 6.61 Å². The highest BCUT2D eigenvalue weighted by Gasteiger charge is 2.16. The molecule has 0 aliphatic rings. The molecule has 0 saturated heterocycles. The molecule has 0 radical (unpaired) electrons. The van der Waals surface area contributed by atoms with Gasteiger partial charge in [-0.1, -0.05) is 30.9 Å². The summed E-state index contributed by atoms with van der Waals surface area (Å²) < 4.78 is 4.62. The van der Waals surface area contributed by atoms with E-state index in [2.05, 4.69) is 11.3 Å². The Bertz CT molecular complexity index is 394. The zero-order chi connectivity index (χ0) is 11.3. The molecule has 15 heavy (non-hydrogen) atoms. The number of ether oxygens (including phenoxy) is 1. The van der Waals surface area contributed by atoms with E-state index in [1.807, 2.05) is 0 Å². The second-order valence-corrected chi connectivity index (χ2v) is 2.88. The van der Waals surface area contributed by atoms with E-state index < -0.39 is 11.8 Å². The number of Topliss-reactive ketones (excluding diaryl/α,β-unsaturated/α-hetero) is 1. The largest absolute Gasteiger partial charge is 0.460 e. The van der Waals surface area contributed by atoms with Crippen LogP contribution in [0.1, 0.15) is 22.8 Å². The van der Waals surface area contributed by atoms with Crippen LogP contribution in [0.3, 0.4) is 0 Å². The van der Waals surface area contributed by atoms with Crippen LogP contribution in [0.5, 0.6) is 0 Å².